The Morgan fingerprint density at radius 2 is 1.95 bits per heavy atom. The van der Waals surface area contributed by atoms with Crippen molar-refractivity contribution in [3.8, 4) is 0 Å². The lowest BCUT2D eigenvalue weighted by atomic mass is 10.1. The third-order valence-electron chi connectivity index (χ3n) is 2.28. The molecule has 2 amide bonds. The van der Waals surface area contributed by atoms with Crippen molar-refractivity contribution in [2.24, 2.45) is 0 Å². The van der Waals surface area contributed by atoms with Crippen LogP contribution in [-0.4, -0.2) is 28.9 Å². The molecule has 1 rings (SSSR count). The fraction of sp³-hybridized carbons (Fsp3) is 0.250. The summed E-state index contributed by atoms with van der Waals surface area (Å²) in [6, 6.07) is 2.16. The summed E-state index contributed by atoms with van der Waals surface area (Å²) in [6.07, 6.45) is 0. The molecule has 1 atom stereocenters. The van der Waals surface area contributed by atoms with Gasteiger partial charge in [0.2, 0.25) is 11.8 Å². The van der Waals surface area contributed by atoms with E-state index in [4.69, 9.17) is 5.11 Å². The van der Waals surface area contributed by atoms with Crippen LogP contribution in [0, 0.1) is 5.82 Å². The molecule has 0 spiro atoms. The molecule has 1 aromatic carbocycles. The summed E-state index contributed by atoms with van der Waals surface area (Å²) in [5.74, 6) is -3.06. The molecule has 19 heavy (non-hydrogen) atoms. The molecule has 0 aliphatic carbocycles. The van der Waals surface area contributed by atoms with Gasteiger partial charge in [-0.15, -0.1) is 0 Å². The second kappa shape index (κ2) is 5.94. The largest absolute Gasteiger partial charge is 0.478 e. The third kappa shape index (κ3) is 4.06. The second-order valence-corrected chi connectivity index (χ2v) is 3.91. The zero-order valence-corrected chi connectivity index (χ0v) is 10.4. The Hall–Kier alpha value is -2.44. The van der Waals surface area contributed by atoms with Gasteiger partial charge in [0.1, 0.15) is 11.9 Å². The maximum atomic E-state index is 12.9. The van der Waals surface area contributed by atoms with Gasteiger partial charge in [-0.3, -0.25) is 9.59 Å². The highest BCUT2D eigenvalue weighted by atomic mass is 19.1. The predicted octanol–water partition coefficient (Wildman–Crippen LogP) is 0.987. The van der Waals surface area contributed by atoms with Crippen molar-refractivity contribution in [2.45, 2.75) is 19.9 Å². The second-order valence-electron chi connectivity index (χ2n) is 3.91. The minimum atomic E-state index is -1.36. The van der Waals surface area contributed by atoms with Crippen molar-refractivity contribution in [3.05, 3.63) is 29.6 Å². The topological polar surface area (TPSA) is 95.5 Å². The maximum absolute atomic E-state index is 12.9. The molecule has 7 heteroatoms. The highest BCUT2D eigenvalue weighted by Gasteiger charge is 2.17. The number of carboxylic acids is 1. The molecule has 0 radical (unpaired) electrons. The van der Waals surface area contributed by atoms with Crippen molar-refractivity contribution in [3.63, 3.8) is 0 Å². The lowest BCUT2D eigenvalue weighted by Crippen LogP contribution is -2.40. The highest BCUT2D eigenvalue weighted by molar-refractivity contribution is 6.02. The Labute approximate surface area is 108 Å². The van der Waals surface area contributed by atoms with Crippen LogP contribution in [-0.2, 0) is 9.59 Å². The molecule has 0 bridgehead atoms. The summed E-state index contributed by atoms with van der Waals surface area (Å²) < 4.78 is 12.9. The number of rotatable bonds is 4. The van der Waals surface area contributed by atoms with E-state index in [9.17, 15) is 18.8 Å². The predicted molar refractivity (Wildman–Crippen MR) is 65.3 cm³/mol. The van der Waals surface area contributed by atoms with Gasteiger partial charge in [0, 0.05) is 6.92 Å². The molecule has 6 nitrogen and oxygen atoms in total. The van der Waals surface area contributed by atoms with Crippen LogP contribution in [0.4, 0.5) is 10.1 Å². The standard InChI is InChI=1S/C12H13FN2O4/c1-6(14-7(2)16)11(17)15-10-4-3-8(13)5-9(10)12(18)19/h3-6H,1-2H3,(H,14,16)(H,15,17)(H,18,19). The molecule has 3 N–H and O–H groups in total. The number of anilines is 1. The van der Waals surface area contributed by atoms with E-state index in [0.717, 1.165) is 18.2 Å². The van der Waals surface area contributed by atoms with Crippen LogP contribution < -0.4 is 10.6 Å². The van der Waals surface area contributed by atoms with E-state index in [1.54, 1.807) is 0 Å². The average Bonchev–Trinajstić information content (AvgIpc) is 2.30. The summed E-state index contributed by atoms with van der Waals surface area (Å²) in [5.41, 5.74) is -0.389. The number of carboxylic acid groups (broad SMARTS) is 1. The summed E-state index contributed by atoms with van der Waals surface area (Å²) in [7, 11) is 0. The van der Waals surface area contributed by atoms with Crippen molar-refractivity contribution >= 4 is 23.5 Å². The first kappa shape index (κ1) is 14.6. The van der Waals surface area contributed by atoms with E-state index >= 15 is 0 Å². The zero-order valence-electron chi connectivity index (χ0n) is 10.4. The van der Waals surface area contributed by atoms with Crippen LogP contribution in [0.3, 0.4) is 0 Å². The van der Waals surface area contributed by atoms with Gasteiger partial charge in [-0.05, 0) is 25.1 Å². The van der Waals surface area contributed by atoms with Crippen molar-refractivity contribution in [1.29, 1.82) is 0 Å². The Kier molecular flexibility index (Phi) is 4.57. The van der Waals surface area contributed by atoms with Gasteiger partial charge in [-0.2, -0.15) is 0 Å². The molecule has 1 aromatic rings. The van der Waals surface area contributed by atoms with E-state index < -0.39 is 23.7 Å². The van der Waals surface area contributed by atoms with Crippen LogP contribution >= 0.6 is 0 Å². The monoisotopic (exact) mass is 268 g/mol. The van der Waals surface area contributed by atoms with Gasteiger partial charge >= 0.3 is 5.97 Å². The van der Waals surface area contributed by atoms with Crippen LogP contribution in [0.5, 0.6) is 0 Å². The van der Waals surface area contributed by atoms with Gasteiger partial charge in [0.25, 0.3) is 0 Å². The van der Waals surface area contributed by atoms with Crippen LogP contribution in [0.15, 0.2) is 18.2 Å². The maximum Gasteiger partial charge on any atom is 0.337 e. The Morgan fingerprint density at radius 1 is 1.32 bits per heavy atom. The minimum Gasteiger partial charge on any atom is -0.478 e. The number of hydrogen-bond acceptors (Lipinski definition) is 3. The number of benzene rings is 1. The molecule has 0 aromatic heterocycles. The summed E-state index contributed by atoms with van der Waals surface area (Å²) in [4.78, 5) is 33.4. The van der Waals surface area contributed by atoms with E-state index in [1.807, 2.05) is 0 Å². The number of nitrogens with one attached hydrogen (secondary N) is 2. The smallest absolute Gasteiger partial charge is 0.337 e. The molecular weight excluding hydrogens is 255 g/mol. The SMILES string of the molecule is CC(=O)NC(C)C(=O)Nc1ccc(F)cc1C(=O)O. The molecule has 102 valence electrons. The number of hydrogen-bond donors (Lipinski definition) is 3. The summed E-state index contributed by atoms with van der Waals surface area (Å²) in [5, 5.41) is 13.6. The zero-order chi connectivity index (χ0) is 14.6. The normalized spacial score (nSPS) is 11.5. The van der Waals surface area contributed by atoms with Crippen molar-refractivity contribution in [2.75, 3.05) is 5.32 Å². The molecule has 1 unspecified atom stereocenters. The summed E-state index contributed by atoms with van der Waals surface area (Å²) in [6.45, 7) is 2.70. The Bertz CT molecular complexity index is 530. The van der Waals surface area contributed by atoms with Gasteiger partial charge in [0.05, 0.1) is 11.3 Å². The van der Waals surface area contributed by atoms with Crippen molar-refractivity contribution in [1.82, 2.24) is 5.32 Å². The molecule has 0 aliphatic heterocycles. The minimum absolute atomic E-state index is 0.0314. The lowest BCUT2D eigenvalue weighted by molar-refractivity contribution is -0.124. The number of amides is 2. The molecule has 0 fully saturated rings. The highest BCUT2D eigenvalue weighted by Crippen LogP contribution is 2.17. The fourth-order valence-corrected chi connectivity index (χ4v) is 1.41. The van der Waals surface area contributed by atoms with Gasteiger partial charge in [-0.1, -0.05) is 0 Å². The number of carbonyl (C=O) groups is 3. The quantitative estimate of drug-likeness (QED) is 0.758. The van der Waals surface area contributed by atoms with E-state index in [-0.39, 0.29) is 17.2 Å². The van der Waals surface area contributed by atoms with Crippen molar-refractivity contribution < 1.29 is 23.9 Å². The van der Waals surface area contributed by atoms with E-state index in [1.165, 1.54) is 13.8 Å². The summed E-state index contributed by atoms with van der Waals surface area (Å²) >= 11 is 0. The molecule has 0 heterocycles. The lowest BCUT2D eigenvalue weighted by Gasteiger charge is -2.14. The van der Waals surface area contributed by atoms with Gasteiger partial charge in [-0.25, -0.2) is 9.18 Å². The fourth-order valence-electron chi connectivity index (χ4n) is 1.41. The first-order valence-corrected chi connectivity index (χ1v) is 5.42. The first-order chi connectivity index (χ1) is 8.81. The number of carbonyl (C=O) groups excluding carboxylic acids is 2. The molecular formula is C12H13FN2O4. The van der Waals surface area contributed by atoms with Gasteiger partial charge < -0.3 is 15.7 Å². The first-order valence-electron chi connectivity index (χ1n) is 5.42. The van der Waals surface area contributed by atoms with E-state index in [0.29, 0.717) is 0 Å². The third-order valence-corrected chi connectivity index (χ3v) is 2.28. The molecule has 0 saturated heterocycles. The van der Waals surface area contributed by atoms with Crippen LogP contribution in [0.1, 0.15) is 24.2 Å². The Balaban J connectivity index is 2.90. The molecule has 0 saturated carbocycles. The van der Waals surface area contributed by atoms with Crippen LogP contribution in [0.25, 0.3) is 0 Å². The molecule has 0 aliphatic rings. The van der Waals surface area contributed by atoms with Crippen LogP contribution in [0.2, 0.25) is 0 Å². The van der Waals surface area contributed by atoms with E-state index in [2.05, 4.69) is 10.6 Å². The number of aromatic carboxylic acids is 1. The van der Waals surface area contributed by atoms with Gasteiger partial charge in [0.15, 0.2) is 0 Å². The average molecular weight is 268 g/mol. The number of halogens is 1. The Morgan fingerprint density at radius 3 is 2.47 bits per heavy atom.